The lowest BCUT2D eigenvalue weighted by Gasteiger charge is -2.14. The summed E-state index contributed by atoms with van der Waals surface area (Å²) >= 11 is 0. The summed E-state index contributed by atoms with van der Waals surface area (Å²) in [6, 6.07) is 9.94. The van der Waals surface area contributed by atoms with Gasteiger partial charge in [-0.2, -0.15) is 5.10 Å². The van der Waals surface area contributed by atoms with Gasteiger partial charge in [0.1, 0.15) is 11.4 Å². The molecular weight excluding hydrogens is 352 g/mol. The average Bonchev–Trinajstić information content (AvgIpc) is 2.87. The van der Waals surface area contributed by atoms with E-state index in [4.69, 9.17) is 0 Å². The number of aryl methyl sites for hydroxylation is 1. The second-order valence-corrected chi connectivity index (χ2v) is 8.65. The lowest BCUT2D eigenvalue weighted by atomic mass is 10.0. The fraction of sp³-hybridized carbons (Fsp3) is 0.444. The van der Waals surface area contributed by atoms with Gasteiger partial charge in [0, 0.05) is 20.6 Å². The number of carbonyl (C=O) groups excluding carboxylic acids is 1. The van der Waals surface area contributed by atoms with Crippen LogP contribution in [0.5, 0.6) is 0 Å². The summed E-state index contributed by atoms with van der Waals surface area (Å²) in [7, 11) is -0.646. The third-order valence-electron chi connectivity index (χ3n) is 4.32. The molecule has 8 heteroatoms. The predicted octanol–water partition coefficient (Wildman–Crippen LogP) is 1.67. The summed E-state index contributed by atoms with van der Waals surface area (Å²) in [6.45, 7) is 5.83. The fourth-order valence-electron chi connectivity index (χ4n) is 2.75. The highest BCUT2D eigenvalue weighted by Gasteiger charge is 2.27. The van der Waals surface area contributed by atoms with E-state index in [0.29, 0.717) is 17.9 Å². The first-order valence-electron chi connectivity index (χ1n) is 8.42. The van der Waals surface area contributed by atoms with E-state index in [0.717, 1.165) is 9.87 Å². The third kappa shape index (κ3) is 4.31. The maximum atomic E-state index is 12.4. The number of aromatic nitrogens is 2. The lowest BCUT2D eigenvalue weighted by molar-refractivity contribution is -0.121. The second-order valence-electron chi connectivity index (χ2n) is 6.56. The molecule has 0 saturated carbocycles. The van der Waals surface area contributed by atoms with Crippen LogP contribution in [0.3, 0.4) is 0 Å². The zero-order valence-electron chi connectivity index (χ0n) is 15.9. The molecule has 142 valence electrons. The number of rotatable bonds is 7. The first-order chi connectivity index (χ1) is 12.1. The third-order valence-corrected chi connectivity index (χ3v) is 6.39. The Morgan fingerprint density at radius 3 is 2.42 bits per heavy atom. The molecule has 26 heavy (non-hydrogen) atoms. The standard InChI is InChI=1S/C18H26N4O3S/c1-13(16-9-7-6-8-10-16)11-19-17(23)12-22-15(3)18(14(2)20-22)26(24,25)21(4)5/h6-10,13H,11-12H2,1-5H3,(H,19,23)/t13-/m0/s1. The molecule has 0 unspecified atom stereocenters. The van der Waals surface area contributed by atoms with Crippen molar-refractivity contribution in [2.24, 2.45) is 0 Å². The zero-order chi connectivity index (χ0) is 19.5. The van der Waals surface area contributed by atoms with Crippen LogP contribution in [-0.4, -0.2) is 49.1 Å². The molecule has 1 amide bonds. The summed E-state index contributed by atoms with van der Waals surface area (Å²) in [5.74, 6) is -0.0162. The van der Waals surface area contributed by atoms with Crippen LogP contribution in [0.2, 0.25) is 0 Å². The van der Waals surface area contributed by atoms with Gasteiger partial charge in [-0.3, -0.25) is 9.48 Å². The lowest BCUT2D eigenvalue weighted by Crippen LogP contribution is -2.31. The Kier molecular flexibility index (Phi) is 6.20. The summed E-state index contributed by atoms with van der Waals surface area (Å²) < 4.78 is 27.4. The van der Waals surface area contributed by atoms with Crippen molar-refractivity contribution in [1.29, 1.82) is 0 Å². The minimum Gasteiger partial charge on any atom is -0.354 e. The van der Waals surface area contributed by atoms with Gasteiger partial charge < -0.3 is 5.32 Å². The molecule has 0 fully saturated rings. The number of amides is 1. The van der Waals surface area contributed by atoms with Crippen molar-refractivity contribution < 1.29 is 13.2 Å². The van der Waals surface area contributed by atoms with Crippen LogP contribution in [0.25, 0.3) is 0 Å². The zero-order valence-corrected chi connectivity index (χ0v) is 16.7. The smallest absolute Gasteiger partial charge is 0.246 e. The van der Waals surface area contributed by atoms with Crippen LogP contribution in [-0.2, 0) is 21.4 Å². The first kappa shape index (κ1) is 20.1. The van der Waals surface area contributed by atoms with E-state index >= 15 is 0 Å². The van der Waals surface area contributed by atoms with E-state index in [1.165, 1.54) is 18.8 Å². The maximum Gasteiger partial charge on any atom is 0.246 e. The largest absolute Gasteiger partial charge is 0.354 e. The van der Waals surface area contributed by atoms with Crippen molar-refractivity contribution in [3.63, 3.8) is 0 Å². The minimum atomic E-state index is -3.60. The summed E-state index contributed by atoms with van der Waals surface area (Å²) in [5, 5.41) is 7.12. The van der Waals surface area contributed by atoms with Crippen molar-refractivity contribution in [2.45, 2.75) is 38.1 Å². The Bertz CT molecular complexity index is 873. The molecule has 0 radical (unpaired) electrons. The Labute approximate surface area is 155 Å². The van der Waals surface area contributed by atoms with Crippen molar-refractivity contribution in [2.75, 3.05) is 20.6 Å². The molecule has 1 atom stereocenters. The molecule has 1 N–H and O–H groups in total. The topological polar surface area (TPSA) is 84.3 Å². The van der Waals surface area contributed by atoms with Crippen molar-refractivity contribution in [1.82, 2.24) is 19.4 Å². The molecule has 0 aliphatic carbocycles. The van der Waals surface area contributed by atoms with Gasteiger partial charge in [-0.15, -0.1) is 0 Å². The summed E-state index contributed by atoms with van der Waals surface area (Å²) in [4.78, 5) is 12.4. The Morgan fingerprint density at radius 1 is 1.23 bits per heavy atom. The monoisotopic (exact) mass is 378 g/mol. The van der Waals surface area contributed by atoms with Gasteiger partial charge in [0.15, 0.2) is 0 Å². The van der Waals surface area contributed by atoms with Crippen LogP contribution in [0.1, 0.15) is 29.8 Å². The molecule has 2 aromatic rings. The number of hydrogen-bond donors (Lipinski definition) is 1. The van der Waals surface area contributed by atoms with Crippen molar-refractivity contribution >= 4 is 15.9 Å². The molecule has 1 aromatic heterocycles. The number of carbonyl (C=O) groups is 1. The van der Waals surface area contributed by atoms with E-state index in [1.54, 1.807) is 13.8 Å². The molecule has 7 nitrogen and oxygen atoms in total. The molecule has 0 aliphatic heterocycles. The van der Waals surface area contributed by atoms with Gasteiger partial charge in [-0.25, -0.2) is 12.7 Å². The highest BCUT2D eigenvalue weighted by atomic mass is 32.2. The second kappa shape index (κ2) is 8.01. The molecule has 1 aromatic carbocycles. The normalized spacial score (nSPS) is 13.0. The number of hydrogen-bond acceptors (Lipinski definition) is 4. The van der Waals surface area contributed by atoms with Gasteiger partial charge >= 0.3 is 0 Å². The Hall–Kier alpha value is -2.19. The molecule has 0 bridgehead atoms. The van der Waals surface area contributed by atoms with Crippen LogP contribution < -0.4 is 5.32 Å². The molecular formula is C18H26N4O3S. The highest BCUT2D eigenvalue weighted by molar-refractivity contribution is 7.89. The number of sulfonamides is 1. The van der Waals surface area contributed by atoms with E-state index < -0.39 is 10.0 Å². The van der Waals surface area contributed by atoms with Crippen molar-refractivity contribution in [3.8, 4) is 0 Å². The SMILES string of the molecule is Cc1nn(CC(=O)NC[C@H](C)c2ccccc2)c(C)c1S(=O)(=O)N(C)C. The molecule has 0 aliphatic rings. The van der Waals surface area contributed by atoms with Gasteiger partial charge in [0.25, 0.3) is 0 Å². The van der Waals surface area contributed by atoms with E-state index in [2.05, 4.69) is 10.4 Å². The van der Waals surface area contributed by atoms with Crippen molar-refractivity contribution in [3.05, 3.63) is 47.3 Å². The summed E-state index contributed by atoms with van der Waals surface area (Å²) in [5.41, 5.74) is 2.00. The average molecular weight is 378 g/mol. The molecule has 1 heterocycles. The molecule has 2 rings (SSSR count). The van der Waals surface area contributed by atoms with Crippen LogP contribution in [0.4, 0.5) is 0 Å². The van der Waals surface area contributed by atoms with Crippen LogP contribution in [0.15, 0.2) is 35.2 Å². The number of nitrogens with one attached hydrogen (secondary N) is 1. The predicted molar refractivity (Wildman–Crippen MR) is 100 cm³/mol. The van der Waals surface area contributed by atoms with E-state index in [-0.39, 0.29) is 23.3 Å². The molecule has 0 spiro atoms. The number of benzene rings is 1. The van der Waals surface area contributed by atoms with Gasteiger partial charge in [-0.1, -0.05) is 37.3 Å². The highest BCUT2D eigenvalue weighted by Crippen LogP contribution is 2.21. The minimum absolute atomic E-state index is 0.0167. The maximum absolute atomic E-state index is 12.4. The van der Waals surface area contributed by atoms with Crippen LogP contribution >= 0.6 is 0 Å². The van der Waals surface area contributed by atoms with E-state index in [9.17, 15) is 13.2 Å². The quantitative estimate of drug-likeness (QED) is 0.794. The Balaban J connectivity index is 2.06. The van der Waals surface area contributed by atoms with Crippen LogP contribution in [0, 0.1) is 13.8 Å². The number of nitrogens with zero attached hydrogens (tertiary/aromatic N) is 3. The fourth-order valence-corrected chi connectivity index (χ4v) is 4.01. The Morgan fingerprint density at radius 2 is 1.85 bits per heavy atom. The molecule has 0 saturated heterocycles. The van der Waals surface area contributed by atoms with E-state index in [1.807, 2.05) is 37.3 Å². The van der Waals surface area contributed by atoms with Gasteiger partial charge in [0.05, 0.1) is 11.4 Å². The first-order valence-corrected chi connectivity index (χ1v) is 9.86. The van der Waals surface area contributed by atoms with Gasteiger partial charge in [0.2, 0.25) is 15.9 Å². The van der Waals surface area contributed by atoms with Gasteiger partial charge in [-0.05, 0) is 25.3 Å². The summed E-state index contributed by atoms with van der Waals surface area (Å²) in [6.07, 6.45) is 0.